The first kappa shape index (κ1) is 47.7. The average Bonchev–Trinajstić information content (AvgIpc) is 3.75. The molecule has 0 radical (unpaired) electrons. The van der Waals surface area contributed by atoms with E-state index in [0.717, 1.165) is 37.7 Å². The summed E-state index contributed by atoms with van der Waals surface area (Å²) in [5.74, 6) is 1.63. The molecule has 6 atom stereocenters. The monoisotopic (exact) mass is 750 g/mol. The van der Waals surface area contributed by atoms with Gasteiger partial charge in [-0.15, -0.1) is 0 Å². The largest absolute Gasteiger partial charge is 0.463 e. The number of methoxy groups -OCH3 is 4. The van der Waals surface area contributed by atoms with E-state index >= 15 is 0 Å². The first-order chi connectivity index (χ1) is 25.6. The molecular weight excluding hydrogens is 684 g/mol. The molecular formula is C41H66O12. The number of aryl methyl sites for hydroxylation is 1. The number of hydrogen-bond acceptors (Lipinski definition) is 12. The lowest BCUT2D eigenvalue weighted by molar-refractivity contribution is -0.153. The highest BCUT2D eigenvalue weighted by atomic mass is 16.6. The molecule has 3 aliphatic rings. The molecule has 1 aromatic rings. The third-order valence-corrected chi connectivity index (χ3v) is 9.49. The second-order valence-electron chi connectivity index (χ2n) is 13.4. The maximum atomic E-state index is 11.8. The first-order valence-corrected chi connectivity index (χ1v) is 18.9. The lowest BCUT2D eigenvalue weighted by Crippen LogP contribution is -2.28. The van der Waals surface area contributed by atoms with Crippen LogP contribution in [0.1, 0.15) is 81.6 Å². The molecule has 12 nitrogen and oxygen atoms in total. The summed E-state index contributed by atoms with van der Waals surface area (Å²) in [4.78, 5) is 45.5. The van der Waals surface area contributed by atoms with E-state index in [-0.39, 0.29) is 35.7 Å². The van der Waals surface area contributed by atoms with Crippen LogP contribution in [0.5, 0.6) is 0 Å². The fourth-order valence-corrected chi connectivity index (χ4v) is 6.39. The summed E-state index contributed by atoms with van der Waals surface area (Å²) in [6, 6.07) is 7.35. The highest BCUT2D eigenvalue weighted by molar-refractivity contribution is 5.90. The van der Waals surface area contributed by atoms with E-state index in [1.54, 1.807) is 34.5 Å². The Kier molecular flexibility index (Phi) is 26.2. The van der Waals surface area contributed by atoms with Crippen LogP contribution in [0, 0.1) is 42.4 Å². The van der Waals surface area contributed by atoms with Gasteiger partial charge in [0, 0.05) is 34.9 Å². The predicted octanol–water partition coefficient (Wildman–Crippen LogP) is 6.41. The summed E-state index contributed by atoms with van der Waals surface area (Å²) in [6.45, 7) is 11.4. The van der Waals surface area contributed by atoms with Crippen molar-refractivity contribution in [2.45, 2.75) is 72.6 Å². The Bertz CT molecular complexity index is 1200. The van der Waals surface area contributed by atoms with Crippen molar-refractivity contribution in [2.24, 2.45) is 35.5 Å². The summed E-state index contributed by atoms with van der Waals surface area (Å²) in [6.07, 6.45) is 11.5. The summed E-state index contributed by atoms with van der Waals surface area (Å²) in [5.41, 5.74) is 1.54. The SMILES string of the molecule is CCCC(=O)OCCOC.COCCOC(=O)C1C2C=CC(C2)C1C.COCCOC(=O)C1CCCCC1C.COCCOC(=O)c1ccccc1C. The van der Waals surface area contributed by atoms with Crippen molar-refractivity contribution in [2.75, 3.05) is 81.3 Å². The van der Waals surface area contributed by atoms with Gasteiger partial charge in [-0.1, -0.05) is 64.0 Å². The quantitative estimate of drug-likeness (QED) is 0.0752. The summed E-state index contributed by atoms with van der Waals surface area (Å²) in [7, 11) is 6.36. The van der Waals surface area contributed by atoms with Crippen molar-refractivity contribution in [3.8, 4) is 0 Å². The minimum Gasteiger partial charge on any atom is -0.463 e. The van der Waals surface area contributed by atoms with E-state index in [1.165, 1.54) is 6.42 Å². The number of ether oxygens (including phenoxy) is 8. The molecule has 1 aromatic carbocycles. The van der Waals surface area contributed by atoms with Crippen molar-refractivity contribution in [1.29, 1.82) is 0 Å². The van der Waals surface area contributed by atoms with Gasteiger partial charge in [-0.05, 0) is 67.9 Å². The number of hydrogen-bond donors (Lipinski definition) is 0. The fraction of sp³-hybridized carbons (Fsp3) is 0.707. The van der Waals surface area contributed by atoms with Gasteiger partial charge in [0.1, 0.15) is 26.4 Å². The van der Waals surface area contributed by atoms with Gasteiger partial charge in [-0.2, -0.15) is 0 Å². The molecule has 12 heteroatoms. The number of carbonyl (C=O) groups excluding carboxylic acids is 4. The molecule has 0 amide bonds. The maximum Gasteiger partial charge on any atom is 0.338 e. The van der Waals surface area contributed by atoms with Gasteiger partial charge in [-0.3, -0.25) is 14.4 Å². The zero-order valence-electron chi connectivity index (χ0n) is 33.4. The third kappa shape index (κ3) is 19.0. The molecule has 6 unspecified atom stereocenters. The van der Waals surface area contributed by atoms with Crippen molar-refractivity contribution < 1.29 is 57.1 Å². The molecule has 4 rings (SSSR count). The van der Waals surface area contributed by atoms with Crippen molar-refractivity contribution in [1.82, 2.24) is 0 Å². The second-order valence-corrected chi connectivity index (χ2v) is 13.4. The van der Waals surface area contributed by atoms with Crippen LogP contribution >= 0.6 is 0 Å². The van der Waals surface area contributed by atoms with Crippen LogP contribution in [-0.2, 0) is 52.3 Å². The molecule has 0 aromatic heterocycles. The molecule has 0 N–H and O–H groups in total. The van der Waals surface area contributed by atoms with Crippen molar-refractivity contribution in [3.63, 3.8) is 0 Å². The van der Waals surface area contributed by atoms with Gasteiger partial charge in [0.2, 0.25) is 0 Å². The smallest absolute Gasteiger partial charge is 0.338 e. The lowest BCUT2D eigenvalue weighted by Gasteiger charge is -2.26. The molecule has 302 valence electrons. The first-order valence-electron chi connectivity index (χ1n) is 18.9. The van der Waals surface area contributed by atoms with Gasteiger partial charge < -0.3 is 37.9 Å². The maximum absolute atomic E-state index is 11.8. The number of benzene rings is 1. The van der Waals surface area contributed by atoms with Crippen LogP contribution in [-0.4, -0.2) is 105 Å². The normalized spacial score (nSPS) is 22.1. The van der Waals surface area contributed by atoms with E-state index in [2.05, 4.69) is 26.0 Å². The predicted molar refractivity (Wildman–Crippen MR) is 201 cm³/mol. The Hall–Kier alpha value is -3.32. The van der Waals surface area contributed by atoms with E-state index in [4.69, 9.17) is 37.9 Å². The standard InChI is InChI=1S/C12H18O3.C11H20O3.C11H14O3.C7H14O3/c1-8-9-3-4-10(7-9)11(8)12(13)15-6-5-14-2;2*1-9-5-3-4-6-10(9)11(12)14-8-7-13-2;1-3-4-7(8)10-6-5-9-2/h3-4,8-11H,5-7H2,1-2H3;9-10H,3-8H2,1-2H3;3-6H,7-8H2,1-2H3;3-6H2,1-2H3. The second kappa shape index (κ2) is 29.1. The molecule has 0 spiro atoms. The molecule has 53 heavy (non-hydrogen) atoms. The van der Waals surface area contributed by atoms with Crippen molar-refractivity contribution >= 4 is 23.9 Å². The molecule has 2 bridgehead atoms. The average molecular weight is 751 g/mol. The van der Waals surface area contributed by atoms with Crippen LogP contribution < -0.4 is 0 Å². The van der Waals surface area contributed by atoms with Gasteiger partial charge in [0.25, 0.3) is 0 Å². The van der Waals surface area contributed by atoms with Gasteiger partial charge in [-0.25, -0.2) is 4.79 Å². The van der Waals surface area contributed by atoms with Gasteiger partial charge in [0.05, 0.1) is 43.8 Å². The van der Waals surface area contributed by atoms with Crippen LogP contribution in [0.4, 0.5) is 0 Å². The lowest BCUT2D eigenvalue weighted by atomic mass is 9.80. The van der Waals surface area contributed by atoms with Crippen LogP contribution in [0.3, 0.4) is 0 Å². The zero-order valence-corrected chi connectivity index (χ0v) is 33.4. The third-order valence-electron chi connectivity index (χ3n) is 9.49. The van der Waals surface area contributed by atoms with Crippen LogP contribution in [0.15, 0.2) is 36.4 Å². The zero-order chi connectivity index (χ0) is 39.4. The van der Waals surface area contributed by atoms with Crippen LogP contribution in [0.2, 0.25) is 0 Å². The Morgan fingerprint density at radius 1 is 0.660 bits per heavy atom. The number of allylic oxidation sites excluding steroid dienone is 2. The van der Waals surface area contributed by atoms with Gasteiger partial charge in [0.15, 0.2) is 0 Å². The number of rotatable bonds is 17. The molecule has 0 aliphatic heterocycles. The fourth-order valence-electron chi connectivity index (χ4n) is 6.39. The summed E-state index contributed by atoms with van der Waals surface area (Å²) < 4.78 is 39.2. The number of fused-ring (bicyclic) bond motifs is 2. The summed E-state index contributed by atoms with van der Waals surface area (Å²) in [5, 5.41) is 0. The molecule has 3 aliphatic carbocycles. The Morgan fingerprint density at radius 3 is 1.72 bits per heavy atom. The molecule has 0 heterocycles. The van der Waals surface area contributed by atoms with E-state index in [1.807, 2.05) is 32.0 Å². The molecule has 2 saturated carbocycles. The van der Waals surface area contributed by atoms with E-state index in [9.17, 15) is 19.2 Å². The minimum atomic E-state index is -0.292. The highest BCUT2D eigenvalue weighted by Crippen LogP contribution is 2.48. The molecule has 0 saturated heterocycles. The molecule has 2 fully saturated rings. The summed E-state index contributed by atoms with van der Waals surface area (Å²) >= 11 is 0. The van der Waals surface area contributed by atoms with Gasteiger partial charge >= 0.3 is 23.9 Å². The Labute approximate surface area is 317 Å². The number of esters is 4. The Balaban J connectivity index is 0.000000357. The Morgan fingerprint density at radius 2 is 1.19 bits per heavy atom. The highest BCUT2D eigenvalue weighted by Gasteiger charge is 2.46. The van der Waals surface area contributed by atoms with Crippen molar-refractivity contribution in [3.05, 3.63) is 47.5 Å². The number of carbonyl (C=O) groups is 4. The minimum absolute atomic E-state index is 0.0331. The van der Waals surface area contributed by atoms with E-state index in [0.29, 0.717) is 88.5 Å². The topological polar surface area (TPSA) is 142 Å². The van der Waals surface area contributed by atoms with Crippen LogP contribution in [0.25, 0.3) is 0 Å². The van der Waals surface area contributed by atoms with E-state index < -0.39 is 0 Å².